The van der Waals surface area contributed by atoms with Crippen LogP contribution in [0, 0.1) is 6.92 Å². The Balaban J connectivity index is 1.50. The van der Waals surface area contributed by atoms with Crippen molar-refractivity contribution < 1.29 is 0 Å². The highest BCUT2D eigenvalue weighted by Gasteiger charge is 2.07. The van der Waals surface area contributed by atoms with Gasteiger partial charge >= 0.3 is 0 Å². The predicted molar refractivity (Wildman–Crippen MR) is 105 cm³/mol. The molecule has 0 saturated heterocycles. The molecule has 27 heavy (non-hydrogen) atoms. The van der Waals surface area contributed by atoms with Crippen LogP contribution in [0.1, 0.15) is 17.1 Å². The molecule has 4 aromatic rings. The van der Waals surface area contributed by atoms with Crippen LogP contribution >= 0.6 is 0 Å². The molecular weight excluding hydrogens is 336 g/mol. The van der Waals surface area contributed by atoms with Gasteiger partial charge in [0.05, 0.1) is 6.54 Å². The molecule has 0 atom stereocenters. The molecule has 0 fully saturated rings. The van der Waals surface area contributed by atoms with Crippen LogP contribution in [-0.2, 0) is 13.1 Å². The number of imidazole rings is 1. The maximum Gasteiger partial charge on any atom is 0.163 e. The largest absolute Gasteiger partial charge is 0.363 e. The van der Waals surface area contributed by atoms with E-state index >= 15 is 0 Å². The highest BCUT2D eigenvalue weighted by atomic mass is 15.1. The average Bonchev–Trinajstić information content (AvgIpc) is 3.14. The summed E-state index contributed by atoms with van der Waals surface area (Å²) in [5.41, 5.74) is 3.04. The third kappa shape index (κ3) is 4.17. The molecule has 1 aromatic carbocycles. The second-order valence-corrected chi connectivity index (χ2v) is 6.27. The van der Waals surface area contributed by atoms with Crippen LogP contribution < -0.4 is 5.32 Å². The fourth-order valence-electron chi connectivity index (χ4n) is 2.88. The number of hydrogen-bond acceptors (Lipinski definition) is 5. The van der Waals surface area contributed by atoms with E-state index in [4.69, 9.17) is 0 Å². The quantitative estimate of drug-likeness (QED) is 0.570. The number of anilines is 1. The molecule has 0 amide bonds. The van der Waals surface area contributed by atoms with Crippen molar-refractivity contribution in [2.45, 2.75) is 20.0 Å². The van der Waals surface area contributed by atoms with Gasteiger partial charge in [0.25, 0.3) is 0 Å². The minimum atomic E-state index is 0.586. The van der Waals surface area contributed by atoms with Crippen LogP contribution in [0.4, 0.5) is 5.82 Å². The number of aromatic nitrogens is 5. The Bertz CT molecular complexity index is 1010. The highest BCUT2D eigenvalue weighted by molar-refractivity contribution is 5.56. The van der Waals surface area contributed by atoms with Gasteiger partial charge in [-0.05, 0) is 24.6 Å². The van der Waals surface area contributed by atoms with Crippen LogP contribution in [-0.4, -0.2) is 24.5 Å². The van der Waals surface area contributed by atoms with Gasteiger partial charge < -0.3 is 9.88 Å². The summed E-state index contributed by atoms with van der Waals surface area (Å²) in [5, 5.41) is 3.37. The summed E-state index contributed by atoms with van der Waals surface area (Å²) in [7, 11) is 0. The minimum Gasteiger partial charge on any atom is -0.363 e. The van der Waals surface area contributed by atoms with Crippen molar-refractivity contribution in [2.24, 2.45) is 0 Å². The van der Waals surface area contributed by atoms with Crippen LogP contribution in [0.5, 0.6) is 0 Å². The molecule has 134 valence electrons. The van der Waals surface area contributed by atoms with Crippen molar-refractivity contribution in [3.8, 4) is 11.4 Å². The first-order valence-electron chi connectivity index (χ1n) is 8.82. The zero-order chi connectivity index (χ0) is 18.5. The lowest BCUT2D eigenvalue weighted by Crippen LogP contribution is -2.10. The van der Waals surface area contributed by atoms with Crippen molar-refractivity contribution in [1.29, 1.82) is 0 Å². The molecule has 0 aliphatic rings. The lowest BCUT2D eigenvalue weighted by Gasteiger charge is -2.11. The van der Waals surface area contributed by atoms with Crippen molar-refractivity contribution in [3.63, 3.8) is 0 Å². The van der Waals surface area contributed by atoms with Gasteiger partial charge in [-0.1, -0.05) is 30.3 Å². The van der Waals surface area contributed by atoms with Crippen molar-refractivity contribution in [1.82, 2.24) is 24.5 Å². The van der Waals surface area contributed by atoms with E-state index in [0.717, 1.165) is 29.4 Å². The first-order valence-corrected chi connectivity index (χ1v) is 8.82. The summed E-state index contributed by atoms with van der Waals surface area (Å²) >= 11 is 0. The van der Waals surface area contributed by atoms with Crippen LogP contribution in [0.25, 0.3) is 11.4 Å². The van der Waals surface area contributed by atoms with Gasteiger partial charge in [0.15, 0.2) is 5.82 Å². The maximum absolute atomic E-state index is 4.62. The summed E-state index contributed by atoms with van der Waals surface area (Å²) in [6.07, 6.45) is 7.33. The molecule has 6 nitrogen and oxygen atoms in total. The Morgan fingerprint density at radius 3 is 2.70 bits per heavy atom. The van der Waals surface area contributed by atoms with Crippen LogP contribution in [0.15, 0.2) is 73.3 Å². The molecule has 4 rings (SSSR count). The first-order chi connectivity index (χ1) is 13.3. The fraction of sp³-hybridized carbons (Fsp3) is 0.143. The molecule has 3 heterocycles. The van der Waals surface area contributed by atoms with Gasteiger partial charge in [-0.15, -0.1) is 0 Å². The van der Waals surface area contributed by atoms with E-state index in [2.05, 4.69) is 42.0 Å². The Kier molecular flexibility index (Phi) is 4.87. The summed E-state index contributed by atoms with van der Waals surface area (Å²) in [4.78, 5) is 17.8. The SMILES string of the molecule is Cc1cc(NCc2nccn2Cc2ccccc2)nc(-c2cccnc2)n1. The van der Waals surface area contributed by atoms with Gasteiger partial charge in [0.2, 0.25) is 0 Å². The number of pyridine rings is 1. The topological polar surface area (TPSA) is 68.5 Å². The van der Waals surface area contributed by atoms with E-state index in [-0.39, 0.29) is 0 Å². The maximum atomic E-state index is 4.62. The van der Waals surface area contributed by atoms with E-state index in [1.807, 2.05) is 55.7 Å². The second-order valence-electron chi connectivity index (χ2n) is 6.27. The van der Waals surface area contributed by atoms with E-state index in [1.165, 1.54) is 5.56 Å². The van der Waals surface area contributed by atoms with Crippen LogP contribution in [0.3, 0.4) is 0 Å². The van der Waals surface area contributed by atoms with Crippen LogP contribution in [0.2, 0.25) is 0 Å². The lowest BCUT2D eigenvalue weighted by molar-refractivity contribution is 0.734. The summed E-state index contributed by atoms with van der Waals surface area (Å²) < 4.78 is 2.14. The number of rotatable bonds is 6. The molecule has 0 aliphatic heterocycles. The average molecular weight is 356 g/mol. The van der Waals surface area contributed by atoms with E-state index in [0.29, 0.717) is 12.4 Å². The molecule has 6 heteroatoms. The Morgan fingerprint density at radius 2 is 1.89 bits per heavy atom. The van der Waals surface area contributed by atoms with Crippen molar-refractivity contribution >= 4 is 5.82 Å². The molecule has 3 aromatic heterocycles. The monoisotopic (exact) mass is 356 g/mol. The summed E-state index contributed by atoms with van der Waals surface area (Å²) in [6, 6.07) is 16.1. The lowest BCUT2D eigenvalue weighted by atomic mass is 10.2. The molecular formula is C21H20N6. The van der Waals surface area contributed by atoms with Gasteiger partial charge in [-0.25, -0.2) is 15.0 Å². The Morgan fingerprint density at radius 1 is 1.00 bits per heavy atom. The molecule has 0 aliphatic carbocycles. The van der Waals surface area contributed by atoms with E-state index in [1.54, 1.807) is 12.4 Å². The second kappa shape index (κ2) is 7.78. The number of benzene rings is 1. The molecule has 0 saturated carbocycles. The number of nitrogens with zero attached hydrogens (tertiary/aromatic N) is 5. The Labute approximate surface area is 158 Å². The normalized spacial score (nSPS) is 10.7. The van der Waals surface area contributed by atoms with Gasteiger partial charge in [-0.3, -0.25) is 4.98 Å². The number of nitrogens with one attached hydrogen (secondary N) is 1. The van der Waals surface area contributed by atoms with Gasteiger partial charge in [0, 0.05) is 48.7 Å². The summed E-state index contributed by atoms with van der Waals surface area (Å²) in [5.74, 6) is 2.40. The molecule has 0 bridgehead atoms. The molecule has 0 radical (unpaired) electrons. The fourth-order valence-corrected chi connectivity index (χ4v) is 2.88. The first kappa shape index (κ1) is 16.9. The van der Waals surface area contributed by atoms with E-state index < -0.39 is 0 Å². The minimum absolute atomic E-state index is 0.586. The molecule has 0 spiro atoms. The smallest absolute Gasteiger partial charge is 0.163 e. The molecule has 0 unspecified atom stereocenters. The third-order valence-corrected chi connectivity index (χ3v) is 4.20. The molecule has 1 N–H and O–H groups in total. The standard InChI is InChI=1S/C21H20N6/c1-16-12-19(26-21(25-16)18-8-5-9-22-13-18)24-14-20-23-10-11-27(20)15-17-6-3-2-4-7-17/h2-13H,14-15H2,1H3,(H,24,25,26). The zero-order valence-corrected chi connectivity index (χ0v) is 15.1. The third-order valence-electron chi connectivity index (χ3n) is 4.20. The highest BCUT2D eigenvalue weighted by Crippen LogP contribution is 2.17. The van der Waals surface area contributed by atoms with E-state index in [9.17, 15) is 0 Å². The predicted octanol–water partition coefficient (Wildman–Crippen LogP) is 3.70. The van der Waals surface area contributed by atoms with Crippen molar-refractivity contribution in [3.05, 3.63) is 90.4 Å². The van der Waals surface area contributed by atoms with Gasteiger partial charge in [0.1, 0.15) is 11.6 Å². The van der Waals surface area contributed by atoms with Gasteiger partial charge in [-0.2, -0.15) is 0 Å². The summed E-state index contributed by atoms with van der Waals surface area (Å²) in [6.45, 7) is 3.34. The zero-order valence-electron chi connectivity index (χ0n) is 15.1. The Hall–Kier alpha value is -3.54. The number of hydrogen-bond donors (Lipinski definition) is 1. The number of aryl methyl sites for hydroxylation is 1. The van der Waals surface area contributed by atoms with Crippen molar-refractivity contribution in [2.75, 3.05) is 5.32 Å².